The molecule has 0 bridgehead atoms. The monoisotopic (exact) mass is 346 g/mol. The van der Waals surface area contributed by atoms with Crippen molar-refractivity contribution < 1.29 is 9.90 Å². The van der Waals surface area contributed by atoms with Crippen LogP contribution in [0.1, 0.15) is 29.2 Å². The van der Waals surface area contributed by atoms with Crippen molar-refractivity contribution in [1.29, 1.82) is 0 Å². The number of amides is 1. The van der Waals surface area contributed by atoms with Crippen LogP contribution in [0.3, 0.4) is 0 Å². The highest BCUT2D eigenvalue weighted by Gasteiger charge is 2.12. The van der Waals surface area contributed by atoms with Gasteiger partial charge < -0.3 is 15.3 Å². The van der Waals surface area contributed by atoms with E-state index in [1.165, 1.54) is 5.56 Å². The third-order valence-electron chi connectivity index (χ3n) is 3.61. The summed E-state index contributed by atoms with van der Waals surface area (Å²) in [5.41, 5.74) is 2.93. The van der Waals surface area contributed by atoms with E-state index in [1.54, 1.807) is 24.3 Å². The van der Waals surface area contributed by atoms with E-state index in [-0.39, 0.29) is 12.3 Å². The summed E-state index contributed by atoms with van der Waals surface area (Å²) in [6.07, 6.45) is -0.804. The van der Waals surface area contributed by atoms with Crippen LogP contribution in [0.2, 0.25) is 5.02 Å². The molecule has 1 atom stereocenters. The number of hydrogen-bond donors (Lipinski definition) is 2. The molecule has 5 heteroatoms. The predicted molar refractivity (Wildman–Crippen MR) is 96.7 cm³/mol. The van der Waals surface area contributed by atoms with E-state index in [2.05, 4.69) is 22.3 Å². The summed E-state index contributed by atoms with van der Waals surface area (Å²) in [4.78, 5) is 14.1. The first-order chi connectivity index (χ1) is 11.4. The quantitative estimate of drug-likeness (QED) is 0.809. The van der Waals surface area contributed by atoms with Gasteiger partial charge in [0.05, 0.1) is 12.5 Å². The van der Waals surface area contributed by atoms with E-state index < -0.39 is 6.10 Å². The molecule has 0 aromatic heterocycles. The fourth-order valence-corrected chi connectivity index (χ4v) is 2.58. The molecule has 1 amide bonds. The lowest BCUT2D eigenvalue weighted by Gasteiger charge is -2.13. The molecule has 4 nitrogen and oxygen atoms in total. The standard InChI is InChI=1S/C19H23ClN2O2/c1-22(2)13-15-5-3-4-14(10-15)12-21-19(24)11-18(23)16-6-8-17(20)9-7-16/h3-10,18,23H,11-13H2,1-2H3,(H,21,24). The second-order valence-corrected chi connectivity index (χ2v) is 6.54. The van der Waals surface area contributed by atoms with Gasteiger partial charge in [-0.15, -0.1) is 0 Å². The smallest absolute Gasteiger partial charge is 0.223 e. The molecule has 0 heterocycles. The van der Waals surface area contributed by atoms with Gasteiger partial charge in [-0.1, -0.05) is 48.0 Å². The summed E-state index contributed by atoms with van der Waals surface area (Å²) in [6, 6.07) is 15.0. The highest BCUT2D eigenvalue weighted by Crippen LogP contribution is 2.19. The highest BCUT2D eigenvalue weighted by atomic mass is 35.5. The number of nitrogens with zero attached hydrogens (tertiary/aromatic N) is 1. The van der Waals surface area contributed by atoms with Crippen molar-refractivity contribution in [2.24, 2.45) is 0 Å². The number of hydrogen-bond acceptors (Lipinski definition) is 3. The van der Waals surface area contributed by atoms with Gasteiger partial charge in [-0.2, -0.15) is 0 Å². The largest absolute Gasteiger partial charge is 0.388 e. The van der Waals surface area contributed by atoms with Crippen molar-refractivity contribution in [3.05, 3.63) is 70.2 Å². The van der Waals surface area contributed by atoms with Crippen molar-refractivity contribution >= 4 is 17.5 Å². The molecule has 0 saturated heterocycles. The summed E-state index contributed by atoms with van der Waals surface area (Å²) in [5, 5.41) is 13.6. The number of rotatable bonds is 7. The van der Waals surface area contributed by atoms with E-state index in [9.17, 15) is 9.90 Å². The molecule has 1 unspecified atom stereocenters. The number of carbonyl (C=O) groups is 1. The lowest BCUT2D eigenvalue weighted by atomic mass is 10.1. The number of halogens is 1. The Morgan fingerprint density at radius 3 is 2.50 bits per heavy atom. The molecule has 2 aromatic carbocycles. The van der Waals surface area contributed by atoms with Gasteiger partial charge in [-0.3, -0.25) is 4.79 Å². The summed E-state index contributed by atoms with van der Waals surface area (Å²) >= 11 is 5.82. The topological polar surface area (TPSA) is 52.6 Å². The lowest BCUT2D eigenvalue weighted by Crippen LogP contribution is -2.24. The maximum Gasteiger partial charge on any atom is 0.223 e. The number of aliphatic hydroxyl groups excluding tert-OH is 1. The van der Waals surface area contributed by atoms with E-state index in [4.69, 9.17) is 11.6 Å². The molecular weight excluding hydrogens is 324 g/mol. The van der Waals surface area contributed by atoms with E-state index in [1.807, 2.05) is 26.2 Å². The molecule has 128 valence electrons. The molecule has 24 heavy (non-hydrogen) atoms. The molecule has 0 fully saturated rings. The van der Waals surface area contributed by atoms with Crippen LogP contribution in [0.4, 0.5) is 0 Å². The van der Waals surface area contributed by atoms with Crippen LogP contribution in [0.5, 0.6) is 0 Å². The Kier molecular flexibility index (Phi) is 6.79. The van der Waals surface area contributed by atoms with Crippen molar-refractivity contribution in [2.75, 3.05) is 14.1 Å². The summed E-state index contributed by atoms with van der Waals surface area (Å²) in [5.74, 6) is -0.185. The summed E-state index contributed by atoms with van der Waals surface area (Å²) in [7, 11) is 4.04. The average molecular weight is 347 g/mol. The Bertz CT molecular complexity index is 671. The number of carbonyl (C=O) groups excluding carboxylic acids is 1. The lowest BCUT2D eigenvalue weighted by molar-refractivity contribution is -0.123. The molecule has 2 rings (SSSR count). The molecule has 0 radical (unpaired) electrons. The molecule has 0 aliphatic rings. The van der Waals surface area contributed by atoms with Crippen molar-refractivity contribution in [2.45, 2.75) is 25.6 Å². The molecule has 0 aliphatic heterocycles. The minimum absolute atomic E-state index is 0.0268. The van der Waals surface area contributed by atoms with Crippen LogP contribution >= 0.6 is 11.6 Å². The number of benzene rings is 2. The minimum atomic E-state index is -0.831. The number of aliphatic hydroxyl groups is 1. The maximum atomic E-state index is 12.0. The zero-order valence-corrected chi connectivity index (χ0v) is 14.8. The van der Waals surface area contributed by atoms with Crippen LogP contribution in [0.25, 0.3) is 0 Å². The Labute approximate surface area is 148 Å². The zero-order valence-electron chi connectivity index (χ0n) is 14.0. The minimum Gasteiger partial charge on any atom is -0.388 e. The SMILES string of the molecule is CN(C)Cc1cccc(CNC(=O)CC(O)c2ccc(Cl)cc2)c1. The van der Waals surface area contributed by atoms with Crippen molar-refractivity contribution in [1.82, 2.24) is 10.2 Å². The van der Waals surface area contributed by atoms with Gasteiger partial charge >= 0.3 is 0 Å². The van der Waals surface area contributed by atoms with Gasteiger partial charge in [0.25, 0.3) is 0 Å². The van der Waals surface area contributed by atoms with Crippen molar-refractivity contribution in [3.8, 4) is 0 Å². The normalized spacial score (nSPS) is 12.2. The van der Waals surface area contributed by atoms with Gasteiger partial charge in [0.2, 0.25) is 5.91 Å². The average Bonchev–Trinajstić information content (AvgIpc) is 2.53. The molecule has 0 aliphatic carbocycles. The molecule has 2 aromatic rings. The fourth-order valence-electron chi connectivity index (χ4n) is 2.45. The first-order valence-corrected chi connectivity index (χ1v) is 8.24. The molecule has 0 saturated carbocycles. The van der Waals surface area contributed by atoms with Crippen LogP contribution in [-0.2, 0) is 17.9 Å². The van der Waals surface area contributed by atoms with Crippen LogP contribution in [-0.4, -0.2) is 30.0 Å². The molecule has 2 N–H and O–H groups in total. The number of nitrogens with one attached hydrogen (secondary N) is 1. The van der Waals surface area contributed by atoms with Crippen LogP contribution < -0.4 is 5.32 Å². The third-order valence-corrected chi connectivity index (χ3v) is 3.87. The van der Waals surface area contributed by atoms with Crippen LogP contribution in [0.15, 0.2) is 48.5 Å². The Morgan fingerprint density at radius 2 is 1.83 bits per heavy atom. The van der Waals surface area contributed by atoms with Gasteiger partial charge in [0, 0.05) is 18.1 Å². The van der Waals surface area contributed by atoms with E-state index in [0.717, 1.165) is 12.1 Å². The second-order valence-electron chi connectivity index (χ2n) is 6.11. The maximum absolute atomic E-state index is 12.0. The van der Waals surface area contributed by atoms with E-state index in [0.29, 0.717) is 17.1 Å². The van der Waals surface area contributed by atoms with E-state index >= 15 is 0 Å². The van der Waals surface area contributed by atoms with Gasteiger partial charge in [-0.05, 0) is 42.9 Å². The predicted octanol–water partition coefficient (Wildman–Crippen LogP) is 3.14. The molecule has 0 spiro atoms. The zero-order chi connectivity index (χ0) is 17.5. The third kappa shape index (κ3) is 5.96. The van der Waals surface area contributed by atoms with Crippen LogP contribution in [0, 0.1) is 0 Å². The Morgan fingerprint density at radius 1 is 1.17 bits per heavy atom. The second kappa shape index (κ2) is 8.83. The first kappa shape index (κ1) is 18.5. The van der Waals surface area contributed by atoms with Gasteiger partial charge in [0.1, 0.15) is 0 Å². The molecular formula is C19H23ClN2O2. The Hall–Kier alpha value is -1.88. The summed E-state index contributed by atoms with van der Waals surface area (Å²) < 4.78 is 0. The van der Waals surface area contributed by atoms with Gasteiger partial charge in [0.15, 0.2) is 0 Å². The van der Waals surface area contributed by atoms with Gasteiger partial charge in [-0.25, -0.2) is 0 Å². The highest BCUT2D eigenvalue weighted by molar-refractivity contribution is 6.30. The van der Waals surface area contributed by atoms with Crippen molar-refractivity contribution in [3.63, 3.8) is 0 Å². The Balaban J connectivity index is 1.85. The first-order valence-electron chi connectivity index (χ1n) is 7.87. The summed E-state index contributed by atoms with van der Waals surface area (Å²) in [6.45, 7) is 1.31. The fraction of sp³-hybridized carbons (Fsp3) is 0.316.